The van der Waals surface area contributed by atoms with E-state index >= 15 is 0 Å². The van der Waals surface area contributed by atoms with Crippen molar-refractivity contribution in [1.29, 1.82) is 0 Å². The highest BCUT2D eigenvalue weighted by Crippen LogP contribution is 2.18. The lowest BCUT2D eigenvalue weighted by molar-refractivity contribution is -0.122. The summed E-state index contributed by atoms with van der Waals surface area (Å²) in [5.74, 6) is 0.677. The molecule has 1 fully saturated rings. The molecule has 0 saturated carbocycles. The Kier molecular flexibility index (Phi) is 5.05. The first-order valence-corrected chi connectivity index (χ1v) is 5.74. The zero-order valence-corrected chi connectivity index (χ0v) is 9.70. The maximum absolute atomic E-state index is 11.5. The van der Waals surface area contributed by atoms with Gasteiger partial charge in [-0.15, -0.1) is 0 Å². The largest absolute Gasteiger partial charge is 0.396 e. The van der Waals surface area contributed by atoms with E-state index in [0.717, 1.165) is 25.9 Å². The van der Waals surface area contributed by atoms with Gasteiger partial charge in [0.05, 0.1) is 6.54 Å². The topological polar surface area (TPSA) is 52.6 Å². The van der Waals surface area contributed by atoms with E-state index in [9.17, 15) is 4.79 Å². The van der Waals surface area contributed by atoms with Gasteiger partial charge in [0.2, 0.25) is 5.91 Å². The molecule has 0 bridgehead atoms. The third-order valence-corrected chi connectivity index (χ3v) is 2.72. The van der Waals surface area contributed by atoms with Crippen LogP contribution in [0, 0.1) is 5.92 Å². The van der Waals surface area contributed by atoms with Crippen molar-refractivity contribution >= 4 is 5.91 Å². The highest BCUT2D eigenvalue weighted by Gasteiger charge is 2.23. The molecule has 1 aliphatic heterocycles. The van der Waals surface area contributed by atoms with Crippen LogP contribution in [0.15, 0.2) is 0 Å². The van der Waals surface area contributed by atoms with Gasteiger partial charge in [0.25, 0.3) is 0 Å². The van der Waals surface area contributed by atoms with Crippen LogP contribution in [0.2, 0.25) is 0 Å². The average molecular weight is 214 g/mol. The average Bonchev–Trinajstić information content (AvgIpc) is 2.51. The van der Waals surface area contributed by atoms with Gasteiger partial charge >= 0.3 is 0 Å². The molecule has 4 heteroatoms. The second-order valence-electron chi connectivity index (χ2n) is 4.62. The van der Waals surface area contributed by atoms with Gasteiger partial charge in [-0.3, -0.25) is 9.69 Å². The van der Waals surface area contributed by atoms with Crippen molar-refractivity contribution in [2.24, 2.45) is 5.92 Å². The molecule has 4 nitrogen and oxygen atoms in total. The van der Waals surface area contributed by atoms with Gasteiger partial charge in [0.15, 0.2) is 0 Å². The molecule has 1 heterocycles. The van der Waals surface area contributed by atoms with E-state index in [1.165, 1.54) is 0 Å². The van der Waals surface area contributed by atoms with Crippen LogP contribution in [0.5, 0.6) is 0 Å². The van der Waals surface area contributed by atoms with Crippen molar-refractivity contribution < 1.29 is 9.90 Å². The van der Waals surface area contributed by atoms with Crippen molar-refractivity contribution in [3.63, 3.8) is 0 Å². The molecule has 0 spiro atoms. The van der Waals surface area contributed by atoms with Crippen LogP contribution in [-0.2, 0) is 4.79 Å². The van der Waals surface area contributed by atoms with E-state index in [1.54, 1.807) is 0 Å². The van der Waals surface area contributed by atoms with Crippen LogP contribution in [-0.4, -0.2) is 48.2 Å². The number of carbonyl (C=O) groups excluding carboxylic acids is 1. The lowest BCUT2D eigenvalue weighted by atomic mass is 10.1. The summed E-state index contributed by atoms with van der Waals surface area (Å²) in [6.45, 7) is 6.63. The summed E-state index contributed by atoms with van der Waals surface area (Å²) in [4.78, 5) is 13.6. The number of amides is 1. The minimum Gasteiger partial charge on any atom is -0.396 e. The van der Waals surface area contributed by atoms with Crippen LogP contribution < -0.4 is 5.32 Å². The van der Waals surface area contributed by atoms with Crippen LogP contribution in [0.3, 0.4) is 0 Å². The summed E-state index contributed by atoms with van der Waals surface area (Å²) in [5, 5.41) is 11.7. The summed E-state index contributed by atoms with van der Waals surface area (Å²) < 4.78 is 0. The molecule has 1 aliphatic rings. The van der Waals surface area contributed by atoms with Crippen molar-refractivity contribution in [2.45, 2.75) is 32.7 Å². The Hall–Kier alpha value is -0.610. The zero-order valence-electron chi connectivity index (χ0n) is 9.70. The number of likely N-dealkylation sites (tertiary alicyclic amines) is 1. The monoisotopic (exact) mass is 214 g/mol. The number of rotatable bonds is 5. The number of aliphatic hydroxyl groups excluding tert-OH is 1. The fourth-order valence-corrected chi connectivity index (χ4v) is 2.05. The van der Waals surface area contributed by atoms with Crippen LogP contribution in [0.25, 0.3) is 0 Å². The van der Waals surface area contributed by atoms with E-state index in [-0.39, 0.29) is 18.6 Å². The number of carbonyl (C=O) groups is 1. The second-order valence-corrected chi connectivity index (χ2v) is 4.62. The van der Waals surface area contributed by atoms with Crippen molar-refractivity contribution in [1.82, 2.24) is 10.2 Å². The zero-order chi connectivity index (χ0) is 11.3. The first-order valence-electron chi connectivity index (χ1n) is 5.74. The van der Waals surface area contributed by atoms with Gasteiger partial charge in [0.1, 0.15) is 0 Å². The SMILES string of the molecule is CC(C)NC(=O)CN1CCC(CCO)C1. The maximum atomic E-state index is 11.5. The van der Waals surface area contributed by atoms with Gasteiger partial charge < -0.3 is 10.4 Å². The Balaban J connectivity index is 2.20. The molecular formula is C11H22N2O2. The number of hydrogen-bond donors (Lipinski definition) is 2. The molecule has 0 aromatic heterocycles. The molecule has 1 atom stereocenters. The lowest BCUT2D eigenvalue weighted by Crippen LogP contribution is -2.39. The summed E-state index contributed by atoms with van der Waals surface area (Å²) in [6.07, 6.45) is 1.97. The molecule has 1 rings (SSSR count). The van der Waals surface area contributed by atoms with Crippen LogP contribution in [0.1, 0.15) is 26.7 Å². The van der Waals surface area contributed by atoms with Gasteiger partial charge in [-0.1, -0.05) is 0 Å². The first-order chi connectivity index (χ1) is 7.11. The summed E-state index contributed by atoms with van der Waals surface area (Å²) in [6, 6.07) is 0.216. The van der Waals surface area contributed by atoms with Crippen LogP contribution in [0.4, 0.5) is 0 Å². The minimum atomic E-state index is 0.106. The Labute approximate surface area is 91.6 Å². The number of hydrogen-bond acceptors (Lipinski definition) is 3. The van der Waals surface area contributed by atoms with Crippen molar-refractivity contribution in [2.75, 3.05) is 26.2 Å². The molecule has 1 amide bonds. The third-order valence-electron chi connectivity index (χ3n) is 2.72. The van der Waals surface area contributed by atoms with Crippen LogP contribution >= 0.6 is 0 Å². The molecule has 1 unspecified atom stereocenters. The summed E-state index contributed by atoms with van der Waals surface area (Å²) in [7, 11) is 0. The van der Waals surface area contributed by atoms with E-state index < -0.39 is 0 Å². The molecule has 0 aromatic rings. The first kappa shape index (κ1) is 12.5. The standard InChI is InChI=1S/C11H22N2O2/c1-9(2)12-11(15)8-13-5-3-10(7-13)4-6-14/h9-10,14H,3-8H2,1-2H3,(H,12,15). The van der Waals surface area contributed by atoms with Gasteiger partial charge in [-0.05, 0) is 39.2 Å². The fraction of sp³-hybridized carbons (Fsp3) is 0.909. The summed E-state index contributed by atoms with van der Waals surface area (Å²) >= 11 is 0. The highest BCUT2D eigenvalue weighted by molar-refractivity contribution is 5.78. The molecule has 2 N–H and O–H groups in total. The summed E-state index contributed by atoms with van der Waals surface area (Å²) in [5.41, 5.74) is 0. The number of aliphatic hydroxyl groups is 1. The molecule has 0 aromatic carbocycles. The second kappa shape index (κ2) is 6.08. The molecule has 15 heavy (non-hydrogen) atoms. The van der Waals surface area contributed by atoms with Crippen molar-refractivity contribution in [3.8, 4) is 0 Å². The highest BCUT2D eigenvalue weighted by atomic mass is 16.3. The minimum absolute atomic E-state index is 0.106. The molecule has 0 radical (unpaired) electrons. The maximum Gasteiger partial charge on any atom is 0.234 e. The smallest absolute Gasteiger partial charge is 0.234 e. The van der Waals surface area contributed by atoms with E-state index in [4.69, 9.17) is 5.11 Å². The predicted molar refractivity (Wildman–Crippen MR) is 59.5 cm³/mol. The number of nitrogens with one attached hydrogen (secondary N) is 1. The van der Waals surface area contributed by atoms with Crippen molar-refractivity contribution in [3.05, 3.63) is 0 Å². The number of nitrogens with zero attached hydrogens (tertiary/aromatic N) is 1. The van der Waals surface area contributed by atoms with E-state index in [2.05, 4.69) is 10.2 Å². The lowest BCUT2D eigenvalue weighted by Gasteiger charge is -2.16. The Morgan fingerprint density at radius 1 is 1.60 bits per heavy atom. The van der Waals surface area contributed by atoms with Gasteiger partial charge in [-0.2, -0.15) is 0 Å². The quantitative estimate of drug-likeness (QED) is 0.688. The molecule has 88 valence electrons. The Morgan fingerprint density at radius 3 is 2.93 bits per heavy atom. The Morgan fingerprint density at radius 2 is 2.33 bits per heavy atom. The third kappa shape index (κ3) is 4.62. The van der Waals surface area contributed by atoms with Gasteiger partial charge in [-0.25, -0.2) is 0 Å². The molecule has 1 saturated heterocycles. The Bertz CT molecular complexity index is 207. The predicted octanol–water partition coefficient (Wildman–Crippen LogP) is 0.215. The normalized spacial score (nSPS) is 22.3. The van der Waals surface area contributed by atoms with E-state index in [0.29, 0.717) is 12.5 Å². The van der Waals surface area contributed by atoms with E-state index in [1.807, 2.05) is 13.8 Å². The molecular weight excluding hydrogens is 192 g/mol. The molecule has 0 aliphatic carbocycles. The van der Waals surface area contributed by atoms with Gasteiger partial charge in [0, 0.05) is 19.2 Å². The fourth-order valence-electron chi connectivity index (χ4n) is 2.05.